The molecule has 4 atom stereocenters. The van der Waals surface area contributed by atoms with E-state index in [1.165, 1.54) is 19.1 Å². The Morgan fingerprint density at radius 3 is 1.81 bits per heavy atom. The van der Waals surface area contributed by atoms with Gasteiger partial charge >= 0.3 is 5.97 Å². The van der Waals surface area contributed by atoms with Crippen molar-refractivity contribution in [2.75, 3.05) is 0 Å². The van der Waals surface area contributed by atoms with Crippen LogP contribution in [0.2, 0.25) is 0 Å². The van der Waals surface area contributed by atoms with Crippen LogP contribution < -0.4 is 33.2 Å². The Hall–Kier alpha value is -4.20. The summed E-state index contributed by atoms with van der Waals surface area (Å²) in [6.45, 7) is 1.28. The topological polar surface area (TPSA) is 257 Å². The van der Waals surface area contributed by atoms with E-state index in [0.717, 1.165) is 0 Å². The van der Waals surface area contributed by atoms with Gasteiger partial charge in [-0.1, -0.05) is 12.1 Å². The van der Waals surface area contributed by atoms with Crippen LogP contribution in [0.15, 0.2) is 24.3 Å². The largest absolute Gasteiger partial charge is 0.508 e. The molecule has 1 rings (SSSR count). The molecule has 0 aliphatic heterocycles. The van der Waals surface area contributed by atoms with Crippen molar-refractivity contribution in [3.05, 3.63) is 29.8 Å². The number of aliphatic carboxylic acids is 1. The summed E-state index contributed by atoms with van der Waals surface area (Å²) in [4.78, 5) is 71.1. The first-order chi connectivity index (χ1) is 16.8. The van der Waals surface area contributed by atoms with Crippen molar-refractivity contribution in [2.24, 2.45) is 17.2 Å². The average Bonchev–Trinajstić information content (AvgIpc) is 2.79. The molecule has 198 valence electrons. The van der Waals surface area contributed by atoms with E-state index in [4.69, 9.17) is 17.2 Å². The third kappa shape index (κ3) is 10.8. The van der Waals surface area contributed by atoms with Crippen molar-refractivity contribution in [1.29, 1.82) is 0 Å². The Morgan fingerprint density at radius 2 is 1.31 bits per heavy atom. The van der Waals surface area contributed by atoms with E-state index < -0.39 is 59.7 Å². The number of aromatic hydroxyl groups is 1. The zero-order valence-electron chi connectivity index (χ0n) is 19.7. The maximum absolute atomic E-state index is 12.8. The summed E-state index contributed by atoms with van der Waals surface area (Å²) in [6, 6.07) is 1.04. The summed E-state index contributed by atoms with van der Waals surface area (Å²) in [5.74, 6) is -5.20. The van der Waals surface area contributed by atoms with Crippen LogP contribution in [0.5, 0.6) is 5.75 Å². The third-order valence-corrected chi connectivity index (χ3v) is 5.09. The predicted octanol–water partition coefficient (Wildman–Crippen LogP) is -2.65. The highest BCUT2D eigenvalue weighted by molar-refractivity contribution is 5.94. The maximum atomic E-state index is 12.8. The molecule has 14 heteroatoms. The Morgan fingerprint density at radius 1 is 0.806 bits per heavy atom. The molecule has 14 nitrogen and oxygen atoms in total. The Labute approximate surface area is 206 Å². The molecule has 0 bridgehead atoms. The molecule has 0 aliphatic carbocycles. The van der Waals surface area contributed by atoms with Gasteiger partial charge in [0.1, 0.15) is 23.9 Å². The summed E-state index contributed by atoms with van der Waals surface area (Å²) in [5.41, 5.74) is 16.7. The fourth-order valence-electron chi connectivity index (χ4n) is 3.03. The van der Waals surface area contributed by atoms with E-state index in [1.54, 1.807) is 12.1 Å². The molecule has 1 aromatic rings. The lowest BCUT2D eigenvalue weighted by Gasteiger charge is -2.23. The van der Waals surface area contributed by atoms with E-state index in [-0.39, 0.29) is 37.9 Å². The Bertz CT molecular complexity index is 968. The molecule has 1 aromatic carbocycles. The Kier molecular flexibility index (Phi) is 11.8. The highest BCUT2D eigenvalue weighted by atomic mass is 16.4. The van der Waals surface area contributed by atoms with Gasteiger partial charge in [-0.3, -0.25) is 24.0 Å². The third-order valence-electron chi connectivity index (χ3n) is 5.09. The zero-order valence-corrected chi connectivity index (χ0v) is 19.7. The average molecular weight is 509 g/mol. The molecule has 0 saturated carbocycles. The van der Waals surface area contributed by atoms with Crippen LogP contribution in [0, 0.1) is 0 Å². The minimum atomic E-state index is -1.41. The lowest BCUT2D eigenvalue weighted by Crippen LogP contribution is -2.56. The number of hydrogen-bond donors (Lipinski definition) is 8. The second kappa shape index (κ2) is 14.3. The molecular weight excluding hydrogens is 476 g/mol. The number of carboxylic acid groups (broad SMARTS) is 1. The van der Waals surface area contributed by atoms with Gasteiger partial charge in [0.25, 0.3) is 0 Å². The molecule has 11 N–H and O–H groups in total. The van der Waals surface area contributed by atoms with Gasteiger partial charge in [0.2, 0.25) is 29.5 Å². The quantitative estimate of drug-likeness (QED) is 0.123. The van der Waals surface area contributed by atoms with Crippen LogP contribution in [0.25, 0.3) is 0 Å². The first kappa shape index (κ1) is 29.8. The van der Waals surface area contributed by atoms with Gasteiger partial charge in [-0.2, -0.15) is 0 Å². The Balaban J connectivity index is 2.80. The van der Waals surface area contributed by atoms with Crippen molar-refractivity contribution in [3.8, 4) is 5.75 Å². The van der Waals surface area contributed by atoms with E-state index in [9.17, 15) is 39.0 Å². The van der Waals surface area contributed by atoms with Crippen molar-refractivity contribution < 1.29 is 39.0 Å². The maximum Gasteiger partial charge on any atom is 0.326 e. The molecule has 4 unspecified atom stereocenters. The lowest BCUT2D eigenvalue weighted by molar-refractivity contribution is -0.142. The van der Waals surface area contributed by atoms with Gasteiger partial charge in [-0.05, 0) is 43.9 Å². The fraction of sp³-hybridized carbons (Fsp3) is 0.455. The molecule has 0 spiro atoms. The van der Waals surface area contributed by atoms with Gasteiger partial charge < -0.3 is 43.4 Å². The highest BCUT2D eigenvalue weighted by Gasteiger charge is 2.28. The number of phenols is 1. The summed E-state index contributed by atoms with van der Waals surface area (Å²) in [5, 5.41) is 25.5. The number of carbonyl (C=O) groups is 6. The molecule has 0 fully saturated rings. The standard InChI is InChI=1S/C22H32N6O8/c1-11(19(32)28-16(22(35)36)7-9-18(25)31)26-21(34)15(6-8-17(24)30)27-20(33)14(23)10-12-2-4-13(29)5-3-12/h2-5,11,14-16,29H,6-10,23H2,1H3,(H2,24,30)(H2,25,31)(H,26,34)(H,27,33)(H,28,32)(H,35,36). The van der Waals surface area contributed by atoms with E-state index in [0.29, 0.717) is 5.56 Å². The van der Waals surface area contributed by atoms with Gasteiger partial charge in [0.15, 0.2) is 0 Å². The fourth-order valence-corrected chi connectivity index (χ4v) is 3.03. The van der Waals surface area contributed by atoms with Crippen LogP contribution in [0.1, 0.15) is 38.2 Å². The first-order valence-corrected chi connectivity index (χ1v) is 11.0. The molecular formula is C22H32N6O8. The minimum Gasteiger partial charge on any atom is -0.508 e. The highest BCUT2D eigenvalue weighted by Crippen LogP contribution is 2.11. The van der Waals surface area contributed by atoms with E-state index >= 15 is 0 Å². The SMILES string of the molecule is CC(NC(=O)C(CCC(N)=O)NC(=O)C(N)Cc1ccc(O)cc1)C(=O)NC(CCC(N)=O)C(=O)O. The number of nitrogens with two attached hydrogens (primary N) is 3. The number of amides is 5. The summed E-state index contributed by atoms with van der Waals surface area (Å²) in [6.07, 6.45) is -0.849. The first-order valence-electron chi connectivity index (χ1n) is 11.0. The number of phenolic OH excluding ortho intramolecular Hbond substituents is 1. The number of rotatable bonds is 15. The van der Waals surface area contributed by atoms with Gasteiger partial charge in [-0.15, -0.1) is 0 Å². The number of carbonyl (C=O) groups excluding carboxylic acids is 5. The number of primary amides is 2. The number of benzene rings is 1. The number of carboxylic acids is 1. The van der Waals surface area contributed by atoms with Crippen molar-refractivity contribution >= 4 is 35.5 Å². The molecule has 0 radical (unpaired) electrons. The molecule has 36 heavy (non-hydrogen) atoms. The van der Waals surface area contributed by atoms with Crippen LogP contribution in [-0.2, 0) is 35.2 Å². The van der Waals surface area contributed by atoms with Crippen LogP contribution >= 0.6 is 0 Å². The van der Waals surface area contributed by atoms with Gasteiger partial charge in [0, 0.05) is 12.8 Å². The van der Waals surface area contributed by atoms with Crippen molar-refractivity contribution in [1.82, 2.24) is 16.0 Å². The van der Waals surface area contributed by atoms with Gasteiger partial charge in [0.05, 0.1) is 6.04 Å². The van der Waals surface area contributed by atoms with Crippen LogP contribution in [-0.4, -0.2) is 69.9 Å². The normalized spacial score (nSPS) is 13.9. The number of hydrogen-bond acceptors (Lipinski definition) is 8. The number of nitrogens with one attached hydrogen (secondary N) is 3. The molecule has 0 saturated heterocycles. The second-order valence-corrected chi connectivity index (χ2v) is 8.18. The molecule has 0 aliphatic rings. The second-order valence-electron chi connectivity index (χ2n) is 8.18. The van der Waals surface area contributed by atoms with Crippen LogP contribution in [0.3, 0.4) is 0 Å². The summed E-state index contributed by atoms with van der Waals surface area (Å²) >= 11 is 0. The van der Waals surface area contributed by atoms with E-state index in [1.807, 2.05) is 0 Å². The molecule has 5 amide bonds. The predicted molar refractivity (Wildman–Crippen MR) is 126 cm³/mol. The van der Waals surface area contributed by atoms with E-state index in [2.05, 4.69) is 16.0 Å². The summed E-state index contributed by atoms with van der Waals surface area (Å²) in [7, 11) is 0. The summed E-state index contributed by atoms with van der Waals surface area (Å²) < 4.78 is 0. The smallest absolute Gasteiger partial charge is 0.326 e. The lowest BCUT2D eigenvalue weighted by atomic mass is 10.0. The van der Waals surface area contributed by atoms with Crippen LogP contribution in [0.4, 0.5) is 0 Å². The molecule has 0 heterocycles. The van der Waals surface area contributed by atoms with Gasteiger partial charge in [-0.25, -0.2) is 4.79 Å². The van der Waals surface area contributed by atoms with Crippen molar-refractivity contribution in [3.63, 3.8) is 0 Å². The molecule has 0 aromatic heterocycles. The minimum absolute atomic E-state index is 0.0423. The monoisotopic (exact) mass is 508 g/mol. The van der Waals surface area contributed by atoms with Crippen molar-refractivity contribution in [2.45, 2.75) is 63.2 Å². The zero-order chi connectivity index (χ0) is 27.4.